The van der Waals surface area contributed by atoms with Crippen molar-refractivity contribution in [3.05, 3.63) is 90.8 Å². The maximum Gasteiger partial charge on any atom is 0.212 e. The first-order valence-corrected chi connectivity index (χ1v) is 10.6. The molecule has 164 valence electrons. The molecule has 4 rings (SSSR count). The fraction of sp³-hybridized carbons (Fsp3) is 0.111. The van der Waals surface area contributed by atoms with Crippen LogP contribution in [0, 0.1) is 0 Å². The van der Waals surface area contributed by atoms with Crippen molar-refractivity contribution in [3.8, 4) is 28.4 Å². The Hall–Kier alpha value is -4.32. The Kier molecular flexibility index (Phi) is 6.85. The van der Waals surface area contributed by atoms with E-state index in [1.807, 2.05) is 61.5 Å². The highest BCUT2D eigenvalue weighted by Crippen LogP contribution is 2.34. The highest BCUT2D eigenvalue weighted by molar-refractivity contribution is 6.02. The van der Waals surface area contributed by atoms with E-state index >= 15 is 0 Å². The van der Waals surface area contributed by atoms with Crippen molar-refractivity contribution in [1.82, 2.24) is 15.0 Å². The molecule has 0 bridgehead atoms. The van der Waals surface area contributed by atoms with Crippen LogP contribution in [0.1, 0.15) is 6.92 Å². The van der Waals surface area contributed by atoms with Crippen LogP contribution in [0.25, 0.3) is 33.4 Å². The van der Waals surface area contributed by atoms with E-state index in [-0.39, 0.29) is 0 Å². The van der Waals surface area contributed by atoms with Gasteiger partial charge in [0.05, 0.1) is 30.3 Å². The van der Waals surface area contributed by atoms with Gasteiger partial charge in [0.25, 0.3) is 0 Å². The number of hydrogen-bond donors (Lipinski definition) is 1. The monoisotopic (exact) mass is 435 g/mol. The second-order valence-corrected chi connectivity index (χ2v) is 7.25. The van der Waals surface area contributed by atoms with Gasteiger partial charge in [-0.15, -0.1) is 0 Å². The lowest BCUT2D eigenvalue weighted by Crippen LogP contribution is -2.08. The number of aliphatic imine (C=N–C) groups is 1. The van der Waals surface area contributed by atoms with Gasteiger partial charge in [-0.1, -0.05) is 54.6 Å². The van der Waals surface area contributed by atoms with Gasteiger partial charge in [0, 0.05) is 17.8 Å². The van der Waals surface area contributed by atoms with Crippen LogP contribution in [0.2, 0.25) is 0 Å². The quantitative estimate of drug-likeness (QED) is 0.274. The van der Waals surface area contributed by atoms with E-state index in [1.54, 1.807) is 19.4 Å². The Morgan fingerprint density at radius 2 is 1.88 bits per heavy atom. The van der Waals surface area contributed by atoms with Crippen LogP contribution in [-0.2, 0) is 0 Å². The van der Waals surface area contributed by atoms with Gasteiger partial charge < -0.3 is 10.1 Å². The average molecular weight is 436 g/mol. The van der Waals surface area contributed by atoms with E-state index in [9.17, 15) is 0 Å². The zero-order chi connectivity index (χ0) is 23.0. The van der Waals surface area contributed by atoms with Crippen molar-refractivity contribution in [3.63, 3.8) is 0 Å². The normalized spacial score (nSPS) is 11.6. The summed E-state index contributed by atoms with van der Waals surface area (Å²) in [5.74, 6) is 1.84. The molecule has 4 aromatic rings. The number of fused-ring (bicyclic) bond motifs is 1. The fourth-order valence-electron chi connectivity index (χ4n) is 3.48. The summed E-state index contributed by atoms with van der Waals surface area (Å²) in [5, 5.41) is 4.41. The van der Waals surface area contributed by atoms with Gasteiger partial charge in [-0.05, 0) is 43.0 Å². The van der Waals surface area contributed by atoms with E-state index < -0.39 is 0 Å². The molecule has 0 atom stereocenters. The maximum atomic E-state index is 5.18. The summed E-state index contributed by atoms with van der Waals surface area (Å²) in [6.07, 6.45) is 7.53. The van der Waals surface area contributed by atoms with Crippen LogP contribution in [0.3, 0.4) is 0 Å². The van der Waals surface area contributed by atoms with Crippen LogP contribution in [0.5, 0.6) is 5.88 Å². The number of benzene rings is 2. The van der Waals surface area contributed by atoms with Gasteiger partial charge in [0.15, 0.2) is 5.82 Å². The molecule has 0 spiro atoms. The van der Waals surface area contributed by atoms with E-state index in [0.717, 1.165) is 39.1 Å². The summed E-state index contributed by atoms with van der Waals surface area (Å²) in [4.78, 5) is 18.2. The SMILES string of the molecule is C=N/C(=C\C=C/C)CNc1nc(-c2ccc(OC)nc2)nc2cccc(-c3ccccc3)c12. The summed E-state index contributed by atoms with van der Waals surface area (Å²) in [7, 11) is 1.59. The Bertz CT molecular complexity index is 1310. The van der Waals surface area contributed by atoms with Crippen LogP contribution in [0.15, 0.2) is 95.8 Å². The predicted octanol–water partition coefficient (Wildman–Crippen LogP) is 5.94. The number of anilines is 1. The summed E-state index contributed by atoms with van der Waals surface area (Å²) in [5.41, 5.74) is 4.60. The molecule has 0 radical (unpaired) electrons. The number of methoxy groups -OCH3 is 1. The molecule has 1 N–H and O–H groups in total. The number of nitrogens with zero attached hydrogens (tertiary/aromatic N) is 4. The average Bonchev–Trinajstić information content (AvgIpc) is 2.88. The minimum absolute atomic E-state index is 0.476. The minimum atomic E-state index is 0.476. The van der Waals surface area contributed by atoms with E-state index in [0.29, 0.717) is 18.2 Å². The zero-order valence-corrected chi connectivity index (χ0v) is 18.7. The summed E-state index contributed by atoms with van der Waals surface area (Å²) >= 11 is 0. The van der Waals surface area contributed by atoms with Gasteiger partial charge in [-0.3, -0.25) is 4.99 Å². The number of pyridine rings is 1. The molecule has 2 aromatic heterocycles. The van der Waals surface area contributed by atoms with E-state index in [2.05, 4.69) is 40.2 Å². The van der Waals surface area contributed by atoms with Crippen LogP contribution in [-0.4, -0.2) is 35.3 Å². The van der Waals surface area contributed by atoms with Gasteiger partial charge >= 0.3 is 0 Å². The van der Waals surface area contributed by atoms with Crippen molar-refractivity contribution < 1.29 is 4.74 Å². The minimum Gasteiger partial charge on any atom is -0.481 e. The molecular formula is C27H25N5O. The lowest BCUT2D eigenvalue weighted by molar-refractivity contribution is 0.398. The molecule has 2 heterocycles. The van der Waals surface area contributed by atoms with Crippen molar-refractivity contribution in [2.24, 2.45) is 4.99 Å². The number of rotatable bonds is 8. The summed E-state index contributed by atoms with van der Waals surface area (Å²) < 4.78 is 5.18. The first-order valence-electron chi connectivity index (χ1n) is 10.6. The molecule has 0 aliphatic heterocycles. The number of ether oxygens (including phenoxy) is 1. The lowest BCUT2D eigenvalue weighted by Gasteiger charge is -2.14. The molecule has 33 heavy (non-hydrogen) atoms. The highest BCUT2D eigenvalue weighted by Gasteiger charge is 2.14. The zero-order valence-electron chi connectivity index (χ0n) is 18.7. The number of nitrogens with one attached hydrogen (secondary N) is 1. The largest absolute Gasteiger partial charge is 0.481 e. The van der Waals surface area contributed by atoms with Gasteiger partial charge in [-0.25, -0.2) is 15.0 Å². The van der Waals surface area contributed by atoms with Gasteiger partial charge in [0.1, 0.15) is 5.82 Å². The summed E-state index contributed by atoms with van der Waals surface area (Å²) in [6, 6.07) is 20.0. The third-order valence-corrected chi connectivity index (χ3v) is 5.13. The molecule has 0 aliphatic rings. The topological polar surface area (TPSA) is 72.3 Å². The molecule has 0 saturated carbocycles. The molecule has 0 unspecified atom stereocenters. The first kappa shape index (κ1) is 21.9. The smallest absolute Gasteiger partial charge is 0.212 e. The number of allylic oxidation sites excluding steroid dienone is 3. The Labute approximate surface area is 193 Å². The molecule has 0 fully saturated rings. The van der Waals surface area contributed by atoms with Crippen molar-refractivity contribution in [2.75, 3.05) is 19.0 Å². The second kappa shape index (κ2) is 10.3. The predicted molar refractivity (Wildman–Crippen MR) is 136 cm³/mol. The van der Waals surface area contributed by atoms with E-state index in [1.165, 1.54) is 0 Å². The van der Waals surface area contributed by atoms with E-state index in [4.69, 9.17) is 14.7 Å². The Morgan fingerprint density at radius 3 is 2.58 bits per heavy atom. The van der Waals surface area contributed by atoms with Gasteiger partial charge in [-0.2, -0.15) is 0 Å². The van der Waals surface area contributed by atoms with Gasteiger partial charge in [0.2, 0.25) is 5.88 Å². The first-order chi connectivity index (χ1) is 16.2. The van der Waals surface area contributed by atoms with Crippen molar-refractivity contribution in [2.45, 2.75) is 6.92 Å². The molecule has 6 nitrogen and oxygen atoms in total. The highest BCUT2D eigenvalue weighted by atomic mass is 16.5. The fourth-order valence-corrected chi connectivity index (χ4v) is 3.48. The second-order valence-electron chi connectivity index (χ2n) is 7.25. The van der Waals surface area contributed by atoms with Crippen LogP contribution >= 0.6 is 0 Å². The van der Waals surface area contributed by atoms with Crippen LogP contribution < -0.4 is 10.1 Å². The Morgan fingerprint density at radius 1 is 1.03 bits per heavy atom. The molecule has 6 heteroatoms. The molecular weight excluding hydrogens is 410 g/mol. The molecule has 2 aromatic carbocycles. The molecule has 0 saturated heterocycles. The maximum absolute atomic E-state index is 5.18. The Balaban J connectivity index is 1.86. The third-order valence-electron chi connectivity index (χ3n) is 5.13. The van der Waals surface area contributed by atoms with Crippen LogP contribution in [0.4, 0.5) is 5.82 Å². The number of hydrogen-bond acceptors (Lipinski definition) is 6. The third kappa shape index (κ3) is 4.96. The lowest BCUT2D eigenvalue weighted by atomic mass is 10.0. The van der Waals surface area contributed by atoms with Crippen molar-refractivity contribution in [1.29, 1.82) is 0 Å². The molecule has 0 amide bonds. The molecule has 0 aliphatic carbocycles. The standard InChI is InChI=1S/C27H25N5O/c1-4-5-12-21(28-2)18-30-27-25-22(19-10-7-6-8-11-19)13-9-14-23(25)31-26(32-27)20-15-16-24(33-3)29-17-20/h4-17H,2,18H2,1,3H3,(H,30,31,32)/b5-4-,21-12-. The van der Waals surface area contributed by atoms with Crippen molar-refractivity contribution >= 4 is 23.4 Å². The summed E-state index contributed by atoms with van der Waals surface area (Å²) in [6.45, 7) is 6.13. The number of aromatic nitrogens is 3.